The Balaban J connectivity index is 1.85. The molecule has 1 heterocycles. The van der Waals surface area contributed by atoms with Crippen molar-refractivity contribution in [1.29, 1.82) is 0 Å². The van der Waals surface area contributed by atoms with E-state index in [1.807, 2.05) is 0 Å². The Hall–Kier alpha value is -3.58. The minimum absolute atomic E-state index is 1.16. The number of fused-ring (bicyclic) bond motifs is 1. The van der Waals surface area contributed by atoms with Gasteiger partial charge in [-0.05, 0) is 28.3 Å². The zero-order chi connectivity index (χ0) is 18.1. The van der Waals surface area contributed by atoms with Crippen LogP contribution in [-0.2, 0) is 0 Å². The third-order valence-electron chi connectivity index (χ3n) is 5.05. The number of nitrogens with one attached hydrogen (secondary N) is 1. The van der Waals surface area contributed by atoms with E-state index >= 15 is 0 Å². The smallest absolute Gasteiger partial charge is 0.0544 e. The van der Waals surface area contributed by atoms with Gasteiger partial charge in [-0.15, -0.1) is 0 Å². The Morgan fingerprint density at radius 1 is 0.444 bits per heavy atom. The maximum Gasteiger partial charge on any atom is 0.0544 e. The van der Waals surface area contributed by atoms with E-state index in [1.54, 1.807) is 0 Å². The van der Waals surface area contributed by atoms with Crippen LogP contribution in [0.3, 0.4) is 0 Å². The van der Waals surface area contributed by atoms with E-state index in [1.165, 1.54) is 38.9 Å². The summed E-state index contributed by atoms with van der Waals surface area (Å²) in [4.78, 5) is 3.66. The number of hydrogen-bond donors (Lipinski definition) is 1. The normalized spacial score (nSPS) is 11.0. The van der Waals surface area contributed by atoms with Gasteiger partial charge in [0.1, 0.15) is 0 Å². The first-order valence-corrected chi connectivity index (χ1v) is 9.23. The van der Waals surface area contributed by atoms with Crippen LogP contribution in [0.5, 0.6) is 0 Å². The lowest BCUT2D eigenvalue weighted by atomic mass is 9.91. The fourth-order valence-corrected chi connectivity index (χ4v) is 3.81. The van der Waals surface area contributed by atoms with E-state index in [0.29, 0.717) is 0 Å². The van der Waals surface area contributed by atoms with Gasteiger partial charge in [0.05, 0.1) is 5.69 Å². The monoisotopic (exact) mass is 345 g/mol. The van der Waals surface area contributed by atoms with Crippen LogP contribution in [0, 0.1) is 0 Å². The molecule has 1 aromatic heterocycles. The summed E-state index contributed by atoms with van der Waals surface area (Å²) in [5, 5.41) is 1.25. The Morgan fingerprint density at radius 2 is 1.00 bits per heavy atom. The quantitative estimate of drug-likeness (QED) is 0.357. The molecule has 0 bridgehead atoms. The summed E-state index contributed by atoms with van der Waals surface area (Å²) in [6, 6.07) is 38.4. The standard InChI is InChI=1S/C26H19N/c1-3-11-19(12-4-1)21-15-7-8-16-22(21)25-23-17-9-10-18-24(23)27-26(25)20-13-5-2-6-14-20/h1-18,27H. The fraction of sp³-hybridized carbons (Fsp3) is 0. The molecule has 0 radical (unpaired) electrons. The number of aromatic nitrogens is 1. The van der Waals surface area contributed by atoms with E-state index < -0.39 is 0 Å². The number of rotatable bonds is 3. The van der Waals surface area contributed by atoms with Crippen molar-refractivity contribution < 1.29 is 0 Å². The topological polar surface area (TPSA) is 15.8 Å². The Labute approximate surface area is 158 Å². The van der Waals surface area contributed by atoms with Crippen molar-refractivity contribution in [1.82, 2.24) is 4.98 Å². The number of hydrogen-bond acceptors (Lipinski definition) is 0. The summed E-state index contributed by atoms with van der Waals surface area (Å²) in [5.41, 5.74) is 8.52. The number of aromatic amines is 1. The largest absolute Gasteiger partial charge is 0.354 e. The average molecular weight is 345 g/mol. The van der Waals surface area contributed by atoms with Crippen LogP contribution in [0.4, 0.5) is 0 Å². The lowest BCUT2D eigenvalue weighted by molar-refractivity contribution is 1.45. The summed E-state index contributed by atoms with van der Waals surface area (Å²) < 4.78 is 0. The second-order valence-electron chi connectivity index (χ2n) is 6.70. The summed E-state index contributed by atoms with van der Waals surface area (Å²) in [7, 11) is 0. The highest BCUT2D eigenvalue weighted by molar-refractivity contribution is 6.06. The summed E-state index contributed by atoms with van der Waals surface area (Å²) in [5.74, 6) is 0. The van der Waals surface area contributed by atoms with Gasteiger partial charge in [-0.25, -0.2) is 0 Å². The lowest BCUT2D eigenvalue weighted by Crippen LogP contribution is -1.87. The first kappa shape index (κ1) is 15.7. The second kappa shape index (κ2) is 6.62. The lowest BCUT2D eigenvalue weighted by Gasteiger charge is -2.12. The molecule has 5 aromatic rings. The summed E-state index contributed by atoms with van der Waals surface area (Å²) in [6.45, 7) is 0. The van der Waals surface area contributed by atoms with E-state index in [-0.39, 0.29) is 0 Å². The molecule has 5 rings (SSSR count). The van der Waals surface area contributed by atoms with Crippen LogP contribution in [-0.4, -0.2) is 4.98 Å². The summed E-state index contributed by atoms with van der Waals surface area (Å²) >= 11 is 0. The van der Waals surface area contributed by atoms with E-state index in [2.05, 4.69) is 114 Å². The molecule has 128 valence electrons. The molecule has 4 aromatic carbocycles. The SMILES string of the molecule is c1ccc(-c2ccccc2-c2c(-c3ccccc3)[nH]c3ccccc23)cc1. The first-order valence-electron chi connectivity index (χ1n) is 9.23. The van der Waals surface area contributed by atoms with Crippen molar-refractivity contribution in [2.45, 2.75) is 0 Å². The van der Waals surface area contributed by atoms with Gasteiger partial charge < -0.3 is 4.98 Å². The Morgan fingerprint density at radius 3 is 1.74 bits per heavy atom. The summed E-state index contributed by atoms with van der Waals surface area (Å²) in [6.07, 6.45) is 0. The molecule has 0 amide bonds. The molecule has 0 aliphatic rings. The van der Waals surface area contributed by atoms with Gasteiger partial charge in [-0.3, -0.25) is 0 Å². The van der Waals surface area contributed by atoms with Gasteiger partial charge in [-0.2, -0.15) is 0 Å². The highest BCUT2D eigenvalue weighted by Crippen LogP contribution is 2.42. The van der Waals surface area contributed by atoms with Gasteiger partial charge in [0.15, 0.2) is 0 Å². The maximum absolute atomic E-state index is 3.66. The van der Waals surface area contributed by atoms with Crippen LogP contribution in [0.15, 0.2) is 109 Å². The van der Waals surface area contributed by atoms with Crippen molar-refractivity contribution in [2.75, 3.05) is 0 Å². The predicted molar refractivity (Wildman–Crippen MR) is 115 cm³/mol. The molecule has 27 heavy (non-hydrogen) atoms. The maximum atomic E-state index is 3.66. The molecule has 0 unspecified atom stereocenters. The van der Waals surface area contributed by atoms with Gasteiger partial charge in [0.25, 0.3) is 0 Å². The van der Waals surface area contributed by atoms with Crippen LogP contribution in [0.25, 0.3) is 44.4 Å². The molecule has 0 fully saturated rings. The molecule has 1 nitrogen and oxygen atoms in total. The highest BCUT2D eigenvalue weighted by Gasteiger charge is 2.17. The third kappa shape index (κ3) is 2.74. The molecule has 0 saturated carbocycles. The van der Waals surface area contributed by atoms with Crippen molar-refractivity contribution in [3.63, 3.8) is 0 Å². The number of benzene rings is 4. The van der Waals surface area contributed by atoms with E-state index in [0.717, 1.165) is 5.52 Å². The van der Waals surface area contributed by atoms with Crippen molar-refractivity contribution in [3.8, 4) is 33.5 Å². The molecule has 1 heteroatoms. The number of para-hydroxylation sites is 1. The van der Waals surface area contributed by atoms with Crippen molar-refractivity contribution in [3.05, 3.63) is 109 Å². The van der Waals surface area contributed by atoms with E-state index in [9.17, 15) is 0 Å². The second-order valence-corrected chi connectivity index (χ2v) is 6.70. The minimum Gasteiger partial charge on any atom is -0.354 e. The molecule has 0 spiro atoms. The van der Waals surface area contributed by atoms with Crippen LogP contribution in [0.1, 0.15) is 0 Å². The third-order valence-corrected chi connectivity index (χ3v) is 5.05. The van der Waals surface area contributed by atoms with Gasteiger partial charge >= 0.3 is 0 Å². The molecule has 0 atom stereocenters. The average Bonchev–Trinajstić information content (AvgIpc) is 3.14. The zero-order valence-corrected chi connectivity index (χ0v) is 14.9. The Bertz CT molecular complexity index is 1200. The van der Waals surface area contributed by atoms with E-state index in [4.69, 9.17) is 0 Å². The van der Waals surface area contributed by atoms with Crippen LogP contribution >= 0.6 is 0 Å². The number of H-pyrrole nitrogens is 1. The molecule has 1 N–H and O–H groups in total. The van der Waals surface area contributed by atoms with Crippen LogP contribution < -0.4 is 0 Å². The molecule has 0 aliphatic heterocycles. The zero-order valence-electron chi connectivity index (χ0n) is 14.9. The molecular formula is C26H19N. The van der Waals surface area contributed by atoms with Crippen LogP contribution in [0.2, 0.25) is 0 Å². The molecule has 0 saturated heterocycles. The van der Waals surface area contributed by atoms with Gasteiger partial charge in [0, 0.05) is 16.5 Å². The Kier molecular flexibility index (Phi) is 3.84. The van der Waals surface area contributed by atoms with Gasteiger partial charge in [0.2, 0.25) is 0 Å². The van der Waals surface area contributed by atoms with Crippen molar-refractivity contribution in [2.24, 2.45) is 0 Å². The van der Waals surface area contributed by atoms with Crippen molar-refractivity contribution >= 4 is 10.9 Å². The molecule has 0 aliphatic carbocycles. The highest BCUT2D eigenvalue weighted by atomic mass is 14.7. The molecular weight excluding hydrogens is 326 g/mol. The van der Waals surface area contributed by atoms with Gasteiger partial charge in [-0.1, -0.05) is 103 Å². The predicted octanol–water partition coefficient (Wildman–Crippen LogP) is 7.17. The fourth-order valence-electron chi connectivity index (χ4n) is 3.81. The first-order chi connectivity index (χ1) is 13.4. The minimum atomic E-state index is 1.16.